The molecule has 2 aromatic rings. The Balaban J connectivity index is 1.83. The highest BCUT2D eigenvalue weighted by molar-refractivity contribution is 5.92. The Kier molecular flexibility index (Phi) is 4.46. The zero-order chi connectivity index (χ0) is 17.2. The molecule has 0 saturated heterocycles. The fourth-order valence-corrected chi connectivity index (χ4v) is 2.55. The molecule has 0 saturated carbocycles. The standard InChI is InChI=1S/C16H16F3N3O2/c17-16(18,19)11-21(10-12-5-2-1-3-6-12)15(23)13-9-14-22(20-13)7-4-8-24-14/h1-3,5-6,9H,4,7-8,10-11H2. The van der Waals surface area contributed by atoms with Crippen molar-refractivity contribution in [2.24, 2.45) is 0 Å². The summed E-state index contributed by atoms with van der Waals surface area (Å²) in [5.41, 5.74) is 0.586. The zero-order valence-electron chi connectivity index (χ0n) is 12.8. The lowest BCUT2D eigenvalue weighted by Crippen LogP contribution is -2.38. The van der Waals surface area contributed by atoms with Crippen molar-refractivity contribution in [3.05, 3.63) is 47.7 Å². The van der Waals surface area contributed by atoms with E-state index in [1.807, 2.05) is 0 Å². The maximum absolute atomic E-state index is 12.9. The van der Waals surface area contributed by atoms with Crippen LogP contribution in [0.1, 0.15) is 22.5 Å². The molecule has 24 heavy (non-hydrogen) atoms. The molecule has 0 unspecified atom stereocenters. The SMILES string of the molecule is O=C(c1cc2n(n1)CCCO2)N(Cc1ccccc1)CC(F)(F)F. The number of hydrogen-bond donors (Lipinski definition) is 0. The van der Waals surface area contributed by atoms with Gasteiger partial charge in [0.25, 0.3) is 5.91 Å². The van der Waals surface area contributed by atoms with Gasteiger partial charge < -0.3 is 9.64 Å². The van der Waals surface area contributed by atoms with Crippen LogP contribution in [0.3, 0.4) is 0 Å². The summed E-state index contributed by atoms with van der Waals surface area (Å²) in [4.78, 5) is 13.3. The first kappa shape index (κ1) is 16.4. The van der Waals surface area contributed by atoms with E-state index in [1.165, 1.54) is 10.7 Å². The molecule has 1 aliphatic heterocycles. The summed E-state index contributed by atoms with van der Waals surface area (Å²) in [6.45, 7) is -0.373. The van der Waals surface area contributed by atoms with Gasteiger partial charge >= 0.3 is 6.18 Å². The molecule has 1 aliphatic rings. The van der Waals surface area contributed by atoms with Crippen LogP contribution in [0.2, 0.25) is 0 Å². The Hall–Kier alpha value is -2.51. The second kappa shape index (κ2) is 6.54. The molecular formula is C16H16F3N3O2. The van der Waals surface area contributed by atoms with E-state index in [0.29, 0.717) is 24.6 Å². The van der Waals surface area contributed by atoms with Crippen LogP contribution in [0.15, 0.2) is 36.4 Å². The second-order valence-electron chi connectivity index (χ2n) is 5.55. The highest BCUT2D eigenvalue weighted by atomic mass is 19.4. The summed E-state index contributed by atoms with van der Waals surface area (Å²) in [6, 6.07) is 9.95. The Bertz CT molecular complexity index is 690. The normalized spacial score (nSPS) is 14.0. The number of carbonyl (C=O) groups excluding carboxylic acids is 1. The maximum Gasteiger partial charge on any atom is 0.406 e. The fourth-order valence-electron chi connectivity index (χ4n) is 2.55. The van der Waals surface area contributed by atoms with Gasteiger partial charge in [-0.1, -0.05) is 30.3 Å². The van der Waals surface area contributed by atoms with E-state index in [9.17, 15) is 18.0 Å². The summed E-state index contributed by atoms with van der Waals surface area (Å²) >= 11 is 0. The van der Waals surface area contributed by atoms with Crippen LogP contribution < -0.4 is 4.74 Å². The quantitative estimate of drug-likeness (QED) is 0.861. The molecule has 0 fully saturated rings. The second-order valence-corrected chi connectivity index (χ2v) is 5.55. The predicted molar refractivity (Wildman–Crippen MR) is 79.6 cm³/mol. The lowest BCUT2D eigenvalue weighted by Gasteiger charge is -2.23. The zero-order valence-corrected chi connectivity index (χ0v) is 12.8. The number of nitrogens with zero attached hydrogens (tertiary/aromatic N) is 3. The highest BCUT2D eigenvalue weighted by Gasteiger charge is 2.34. The molecule has 8 heteroatoms. The van der Waals surface area contributed by atoms with Crippen LogP contribution in [0.25, 0.3) is 0 Å². The van der Waals surface area contributed by atoms with Gasteiger partial charge in [0, 0.05) is 25.6 Å². The van der Waals surface area contributed by atoms with Gasteiger partial charge in [0.1, 0.15) is 6.54 Å². The lowest BCUT2D eigenvalue weighted by atomic mass is 10.2. The van der Waals surface area contributed by atoms with Crippen LogP contribution in [0.4, 0.5) is 13.2 Å². The summed E-state index contributed by atoms with van der Waals surface area (Å²) in [5, 5.41) is 4.08. The highest BCUT2D eigenvalue weighted by Crippen LogP contribution is 2.23. The monoisotopic (exact) mass is 339 g/mol. The number of aromatic nitrogens is 2. The van der Waals surface area contributed by atoms with Crippen LogP contribution in [-0.4, -0.2) is 39.9 Å². The van der Waals surface area contributed by atoms with Crippen LogP contribution in [0, 0.1) is 0 Å². The van der Waals surface area contributed by atoms with Crippen molar-refractivity contribution in [1.82, 2.24) is 14.7 Å². The molecule has 0 bridgehead atoms. The number of carbonyl (C=O) groups is 1. The number of benzene rings is 1. The van der Waals surface area contributed by atoms with E-state index in [2.05, 4.69) is 5.10 Å². The van der Waals surface area contributed by atoms with E-state index in [1.54, 1.807) is 30.3 Å². The molecule has 2 heterocycles. The number of halogens is 3. The molecule has 0 spiro atoms. The van der Waals surface area contributed by atoms with Gasteiger partial charge in [-0.2, -0.15) is 18.3 Å². The van der Waals surface area contributed by atoms with Crippen molar-refractivity contribution < 1.29 is 22.7 Å². The summed E-state index contributed by atoms with van der Waals surface area (Å²) in [6.07, 6.45) is -3.74. The Labute approximate surface area is 136 Å². The predicted octanol–water partition coefficient (Wildman–Crippen LogP) is 2.87. The number of aryl methyl sites for hydroxylation is 1. The minimum absolute atomic E-state index is 0.0351. The van der Waals surface area contributed by atoms with Gasteiger partial charge in [-0.15, -0.1) is 0 Å². The topological polar surface area (TPSA) is 47.4 Å². The largest absolute Gasteiger partial charge is 0.478 e. The summed E-state index contributed by atoms with van der Waals surface area (Å²) in [7, 11) is 0. The van der Waals surface area contributed by atoms with Gasteiger partial charge in [-0.05, 0) is 5.56 Å². The molecule has 3 rings (SSSR count). The average Bonchev–Trinajstić information content (AvgIpc) is 2.97. The Morgan fingerprint density at radius 2 is 2.04 bits per heavy atom. The van der Waals surface area contributed by atoms with Gasteiger partial charge in [0.15, 0.2) is 5.69 Å². The van der Waals surface area contributed by atoms with E-state index in [0.717, 1.165) is 11.3 Å². The Morgan fingerprint density at radius 1 is 1.29 bits per heavy atom. The van der Waals surface area contributed by atoms with Crippen molar-refractivity contribution in [3.8, 4) is 5.88 Å². The van der Waals surface area contributed by atoms with Crippen molar-refractivity contribution >= 4 is 5.91 Å². The number of fused-ring (bicyclic) bond motifs is 1. The third-order valence-electron chi connectivity index (χ3n) is 3.60. The molecule has 128 valence electrons. The minimum Gasteiger partial charge on any atom is -0.478 e. The first-order valence-electron chi connectivity index (χ1n) is 7.53. The molecule has 0 radical (unpaired) electrons. The van der Waals surface area contributed by atoms with E-state index < -0.39 is 18.6 Å². The van der Waals surface area contributed by atoms with Gasteiger partial charge in [0.2, 0.25) is 5.88 Å². The van der Waals surface area contributed by atoms with Crippen molar-refractivity contribution in [2.75, 3.05) is 13.2 Å². The van der Waals surface area contributed by atoms with Crippen molar-refractivity contribution in [2.45, 2.75) is 25.7 Å². The third kappa shape index (κ3) is 3.87. The van der Waals surface area contributed by atoms with Crippen LogP contribution >= 0.6 is 0 Å². The van der Waals surface area contributed by atoms with Crippen molar-refractivity contribution in [1.29, 1.82) is 0 Å². The molecule has 0 N–H and O–H groups in total. The first-order valence-corrected chi connectivity index (χ1v) is 7.53. The average molecular weight is 339 g/mol. The minimum atomic E-state index is -4.49. The number of amides is 1. The van der Waals surface area contributed by atoms with Crippen molar-refractivity contribution in [3.63, 3.8) is 0 Å². The molecule has 1 aromatic heterocycles. The molecular weight excluding hydrogens is 323 g/mol. The molecule has 5 nitrogen and oxygen atoms in total. The lowest BCUT2D eigenvalue weighted by molar-refractivity contribution is -0.141. The van der Waals surface area contributed by atoms with E-state index >= 15 is 0 Å². The molecule has 0 atom stereocenters. The summed E-state index contributed by atoms with van der Waals surface area (Å²) in [5.74, 6) is -0.349. The Morgan fingerprint density at radius 3 is 2.71 bits per heavy atom. The maximum atomic E-state index is 12.9. The molecule has 1 amide bonds. The number of alkyl halides is 3. The first-order chi connectivity index (χ1) is 11.4. The number of rotatable bonds is 4. The number of hydrogen-bond acceptors (Lipinski definition) is 3. The van der Waals surface area contributed by atoms with E-state index in [-0.39, 0.29) is 12.2 Å². The smallest absolute Gasteiger partial charge is 0.406 e. The molecule has 0 aliphatic carbocycles. The van der Waals surface area contributed by atoms with Gasteiger partial charge in [-0.3, -0.25) is 4.79 Å². The van der Waals surface area contributed by atoms with Crippen LogP contribution in [-0.2, 0) is 13.1 Å². The fraction of sp³-hybridized carbons (Fsp3) is 0.375. The van der Waals surface area contributed by atoms with E-state index in [4.69, 9.17) is 4.74 Å². The third-order valence-corrected chi connectivity index (χ3v) is 3.60. The van der Waals surface area contributed by atoms with Gasteiger partial charge in [-0.25, -0.2) is 4.68 Å². The molecule has 1 aromatic carbocycles. The summed E-state index contributed by atoms with van der Waals surface area (Å²) < 4.78 is 45.5. The number of ether oxygens (including phenoxy) is 1. The van der Waals surface area contributed by atoms with Crippen LogP contribution in [0.5, 0.6) is 5.88 Å². The van der Waals surface area contributed by atoms with Gasteiger partial charge in [0.05, 0.1) is 6.61 Å².